The van der Waals surface area contributed by atoms with Crippen LogP contribution in [0, 0.1) is 6.92 Å². The van der Waals surface area contributed by atoms with E-state index in [1.54, 1.807) is 30.3 Å². The molecule has 0 bridgehead atoms. The topological polar surface area (TPSA) is 67.4 Å². The molecule has 1 aliphatic rings. The number of benzene rings is 3. The van der Waals surface area contributed by atoms with Crippen molar-refractivity contribution in [3.8, 4) is 5.75 Å². The third-order valence-corrected chi connectivity index (χ3v) is 4.39. The van der Waals surface area contributed by atoms with Crippen LogP contribution in [0.1, 0.15) is 27.6 Å². The van der Waals surface area contributed by atoms with Crippen LogP contribution in [0.2, 0.25) is 0 Å². The number of carbonyl (C=O) groups is 2. The SMILES string of the molecule is Cc1ccc(C(=O)Nc2ccc3c(c2)NC(=O)C(c2ccccc2)O3)cc1. The van der Waals surface area contributed by atoms with Gasteiger partial charge in [-0.2, -0.15) is 0 Å². The van der Waals surface area contributed by atoms with Crippen LogP contribution in [0.4, 0.5) is 11.4 Å². The van der Waals surface area contributed by atoms with Crippen molar-refractivity contribution in [1.82, 2.24) is 0 Å². The first-order chi connectivity index (χ1) is 13.1. The van der Waals surface area contributed by atoms with Crippen LogP contribution < -0.4 is 15.4 Å². The molecule has 1 heterocycles. The van der Waals surface area contributed by atoms with E-state index in [0.29, 0.717) is 22.7 Å². The molecule has 5 nitrogen and oxygen atoms in total. The van der Waals surface area contributed by atoms with Crippen molar-refractivity contribution in [2.24, 2.45) is 0 Å². The predicted octanol–water partition coefficient (Wildman–Crippen LogP) is 4.32. The lowest BCUT2D eigenvalue weighted by Gasteiger charge is -2.26. The highest BCUT2D eigenvalue weighted by Gasteiger charge is 2.29. The van der Waals surface area contributed by atoms with Gasteiger partial charge in [0.1, 0.15) is 5.75 Å². The normalized spacial score (nSPS) is 15.3. The van der Waals surface area contributed by atoms with E-state index in [0.717, 1.165) is 11.1 Å². The van der Waals surface area contributed by atoms with Crippen molar-refractivity contribution in [1.29, 1.82) is 0 Å². The van der Waals surface area contributed by atoms with E-state index in [1.165, 1.54) is 0 Å². The maximum absolute atomic E-state index is 12.4. The van der Waals surface area contributed by atoms with E-state index < -0.39 is 6.10 Å². The first-order valence-electron chi connectivity index (χ1n) is 8.65. The second kappa shape index (κ2) is 6.96. The number of nitrogens with one attached hydrogen (secondary N) is 2. The van der Waals surface area contributed by atoms with Crippen molar-refractivity contribution in [3.05, 3.63) is 89.5 Å². The van der Waals surface area contributed by atoms with Crippen LogP contribution in [0.25, 0.3) is 0 Å². The molecule has 0 saturated carbocycles. The molecule has 3 aromatic carbocycles. The Morgan fingerprint density at radius 1 is 1.00 bits per heavy atom. The van der Waals surface area contributed by atoms with Gasteiger partial charge in [0.15, 0.2) is 0 Å². The Morgan fingerprint density at radius 2 is 1.74 bits per heavy atom. The number of hydrogen-bond donors (Lipinski definition) is 2. The van der Waals surface area contributed by atoms with Crippen molar-refractivity contribution < 1.29 is 14.3 Å². The van der Waals surface area contributed by atoms with Gasteiger partial charge in [0.2, 0.25) is 6.10 Å². The Hall–Kier alpha value is -3.60. The minimum Gasteiger partial charge on any atom is -0.474 e. The van der Waals surface area contributed by atoms with Crippen LogP contribution in [0.15, 0.2) is 72.8 Å². The largest absolute Gasteiger partial charge is 0.474 e. The number of carbonyl (C=O) groups excluding carboxylic acids is 2. The lowest BCUT2D eigenvalue weighted by molar-refractivity contribution is -0.123. The Kier molecular flexibility index (Phi) is 4.34. The monoisotopic (exact) mass is 358 g/mol. The minimum absolute atomic E-state index is 0.208. The van der Waals surface area contributed by atoms with E-state index >= 15 is 0 Å². The van der Waals surface area contributed by atoms with E-state index in [4.69, 9.17) is 4.74 Å². The summed E-state index contributed by atoms with van der Waals surface area (Å²) in [5, 5.41) is 5.69. The summed E-state index contributed by atoms with van der Waals surface area (Å²) in [6.07, 6.45) is -0.688. The van der Waals surface area contributed by atoms with Crippen molar-refractivity contribution in [3.63, 3.8) is 0 Å². The van der Waals surface area contributed by atoms with Crippen LogP contribution >= 0.6 is 0 Å². The molecule has 3 aromatic rings. The zero-order valence-corrected chi connectivity index (χ0v) is 14.7. The Morgan fingerprint density at radius 3 is 2.48 bits per heavy atom. The maximum Gasteiger partial charge on any atom is 0.270 e. The van der Waals surface area contributed by atoms with Gasteiger partial charge in [0.25, 0.3) is 11.8 Å². The third kappa shape index (κ3) is 3.53. The van der Waals surface area contributed by atoms with E-state index in [2.05, 4.69) is 10.6 Å². The van der Waals surface area contributed by atoms with Crippen LogP contribution in [0.5, 0.6) is 5.75 Å². The highest BCUT2D eigenvalue weighted by molar-refractivity contribution is 6.05. The van der Waals surface area contributed by atoms with Crippen molar-refractivity contribution in [2.75, 3.05) is 10.6 Å². The van der Waals surface area contributed by atoms with Gasteiger partial charge in [-0.25, -0.2) is 0 Å². The molecule has 0 spiro atoms. The fourth-order valence-electron chi connectivity index (χ4n) is 2.94. The molecule has 1 atom stereocenters. The second-order valence-corrected chi connectivity index (χ2v) is 6.43. The molecular weight excluding hydrogens is 340 g/mol. The van der Waals surface area contributed by atoms with E-state index in [-0.39, 0.29) is 11.8 Å². The first-order valence-corrected chi connectivity index (χ1v) is 8.65. The van der Waals surface area contributed by atoms with Gasteiger partial charge in [0, 0.05) is 16.8 Å². The lowest BCUT2D eigenvalue weighted by Crippen LogP contribution is -2.30. The fraction of sp³-hybridized carbons (Fsp3) is 0.0909. The highest BCUT2D eigenvalue weighted by atomic mass is 16.5. The molecule has 1 unspecified atom stereocenters. The fourth-order valence-corrected chi connectivity index (χ4v) is 2.94. The quantitative estimate of drug-likeness (QED) is 0.733. The zero-order valence-electron chi connectivity index (χ0n) is 14.7. The molecule has 0 radical (unpaired) electrons. The van der Waals surface area contributed by atoms with E-state index in [1.807, 2.05) is 49.4 Å². The van der Waals surface area contributed by atoms with Gasteiger partial charge in [-0.05, 0) is 37.3 Å². The van der Waals surface area contributed by atoms with Crippen LogP contribution in [-0.2, 0) is 4.79 Å². The third-order valence-electron chi connectivity index (χ3n) is 4.39. The number of fused-ring (bicyclic) bond motifs is 1. The second-order valence-electron chi connectivity index (χ2n) is 6.43. The standard InChI is InChI=1S/C22H18N2O3/c1-14-7-9-16(10-8-14)21(25)23-17-11-12-19-18(13-17)24-22(26)20(27-19)15-5-3-2-4-6-15/h2-13,20H,1H3,(H,23,25)(H,24,26). The molecule has 0 aliphatic carbocycles. The van der Waals surface area contributed by atoms with Crippen molar-refractivity contribution >= 4 is 23.2 Å². The summed E-state index contributed by atoms with van der Waals surface area (Å²) in [5.74, 6) is 0.118. The highest BCUT2D eigenvalue weighted by Crippen LogP contribution is 2.36. The average molecular weight is 358 g/mol. The smallest absolute Gasteiger partial charge is 0.270 e. The molecule has 2 amide bonds. The Labute approximate surface area is 157 Å². The van der Waals surface area contributed by atoms with Gasteiger partial charge >= 0.3 is 0 Å². The summed E-state index contributed by atoms with van der Waals surface area (Å²) in [6.45, 7) is 1.97. The average Bonchev–Trinajstić information content (AvgIpc) is 2.68. The van der Waals surface area contributed by atoms with Gasteiger partial charge < -0.3 is 15.4 Å². The number of hydrogen-bond acceptors (Lipinski definition) is 3. The van der Waals surface area contributed by atoms with Gasteiger partial charge in [0.05, 0.1) is 5.69 Å². The summed E-state index contributed by atoms with van der Waals surface area (Å²) in [7, 11) is 0. The number of ether oxygens (including phenoxy) is 1. The summed E-state index contributed by atoms with van der Waals surface area (Å²) < 4.78 is 5.86. The predicted molar refractivity (Wildman–Crippen MR) is 104 cm³/mol. The molecule has 0 aromatic heterocycles. The summed E-state index contributed by atoms with van der Waals surface area (Å²) in [4.78, 5) is 24.8. The minimum atomic E-state index is -0.688. The Bertz CT molecular complexity index is 998. The molecule has 2 N–H and O–H groups in total. The van der Waals surface area contributed by atoms with Crippen molar-refractivity contribution in [2.45, 2.75) is 13.0 Å². The summed E-state index contributed by atoms with van der Waals surface area (Å²) >= 11 is 0. The number of rotatable bonds is 3. The molecule has 0 fully saturated rings. The van der Waals surface area contributed by atoms with Gasteiger partial charge in [-0.15, -0.1) is 0 Å². The van der Waals surface area contributed by atoms with Crippen LogP contribution in [-0.4, -0.2) is 11.8 Å². The van der Waals surface area contributed by atoms with Gasteiger partial charge in [-0.3, -0.25) is 9.59 Å². The van der Waals surface area contributed by atoms with Gasteiger partial charge in [-0.1, -0.05) is 48.0 Å². The Balaban J connectivity index is 1.53. The first kappa shape index (κ1) is 16.8. The lowest BCUT2D eigenvalue weighted by atomic mass is 10.1. The molecule has 4 rings (SSSR count). The van der Waals surface area contributed by atoms with E-state index in [9.17, 15) is 9.59 Å². The zero-order chi connectivity index (χ0) is 18.8. The molecule has 134 valence electrons. The molecule has 5 heteroatoms. The number of anilines is 2. The van der Waals surface area contributed by atoms with Crippen LogP contribution in [0.3, 0.4) is 0 Å². The number of aryl methyl sites for hydroxylation is 1. The maximum atomic E-state index is 12.4. The molecule has 1 aliphatic heterocycles. The molecule has 0 saturated heterocycles. The molecule has 27 heavy (non-hydrogen) atoms. The summed E-state index contributed by atoms with van der Waals surface area (Å²) in [6, 6.07) is 21.9. The number of amides is 2. The molecular formula is C22H18N2O3. The summed E-state index contributed by atoms with van der Waals surface area (Å²) in [5.41, 5.74) is 3.57.